The number of carbonyl (C=O) groups excluding carboxylic acids is 1. The van der Waals surface area contributed by atoms with Crippen molar-refractivity contribution in [1.29, 1.82) is 0 Å². The van der Waals surface area contributed by atoms with Crippen molar-refractivity contribution in [1.82, 2.24) is 24.2 Å². The van der Waals surface area contributed by atoms with Crippen molar-refractivity contribution in [2.75, 3.05) is 6.54 Å². The molecule has 0 N–H and O–H groups in total. The first-order valence-corrected chi connectivity index (χ1v) is 7.60. The number of fused-ring (bicyclic) bond motifs is 1. The maximum Gasteiger partial charge on any atom is 0.272 e. The minimum Gasteiger partial charge on any atom is -0.331 e. The van der Waals surface area contributed by atoms with Crippen LogP contribution >= 0.6 is 0 Å². The Bertz CT molecular complexity index is 849. The maximum atomic E-state index is 12.8. The van der Waals surface area contributed by atoms with E-state index in [0.29, 0.717) is 18.8 Å². The van der Waals surface area contributed by atoms with E-state index in [1.165, 1.54) is 0 Å². The average molecular weight is 307 g/mol. The highest BCUT2D eigenvalue weighted by Gasteiger charge is 2.24. The van der Waals surface area contributed by atoms with Crippen LogP contribution < -0.4 is 0 Å². The first kappa shape index (κ1) is 13.8. The molecule has 23 heavy (non-hydrogen) atoms. The van der Waals surface area contributed by atoms with Gasteiger partial charge in [-0.2, -0.15) is 5.10 Å². The molecule has 0 unspecified atom stereocenters. The lowest BCUT2D eigenvalue weighted by atomic mass is 10.1. The van der Waals surface area contributed by atoms with Gasteiger partial charge < -0.3 is 9.47 Å². The number of carbonyl (C=O) groups is 1. The quantitative estimate of drug-likeness (QED) is 0.727. The van der Waals surface area contributed by atoms with Crippen LogP contribution in [0.1, 0.15) is 16.2 Å². The molecule has 116 valence electrons. The lowest BCUT2D eigenvalue weighted by Crippen LogP contribution is -2.38. The van der Waals surface area contributed by atoms with Crippen molar-refractivity contribution < 1.29 is 4.79 Å². The molecule has 0 spiro atoms. The van der Waals surface area contributed by atoms with Gasteiger partial charge in [0.15, 0.2) is 0 Å². The van der Waals surface area contributed by atoms with Crippen LogP contribution in [0.25, 0.3) is 11.3 Å². The lowest BCUT2D eigenvalue weighted by Gasteiger charge is -2.27. The van der Waals surface area contributed by atoms with E-state index in [2.05, 4.69) is 14.6 Å². The monoisotopic (exact) mass is 307 g/mol. The summed E-state index contributed by atoms with van der Waals surface area (Å²) < 4.78 is 3.75. The number of aryl methyl sites for hydroxylation is 1. The second-order valence-corrected chi connectivity index (χ2v) is 5.71. The van der Waals surface area contributed by atoms with Gasteiger partial charge in [0.2, 0.25) is 0 Å². The molecule has 4 rings (SSSR count). The summed E-state index contributed by atoms with van der Waals surface area (Å²) in [5.74, 6) is 0.00892. The van der Waals surface area contributed by atoms with Gasteiger partial charge in [0.1, 0.15) is 5.69 Å². The summed E-state index contributed by atoms with van der Waals surface area (Å²) in [6, 6.07) is 11.8. The van der Waals surface area contributed by atoms with Gasteiger partial charge in [0.25, 0.3) is 5.91 Å². The molecule has 0 saturated carbocycles. The molecule has 0 bridgehead atoms. The fourth-order valence-corrected chi connectivity index (χ4v) is 2.94. The molecule has 0 aliphatic carbocycles. The van der Waals surface area contributed by atoms with Gasteiger partial charge in [-0.05, 0) is 6.07 Å². The summed E-state index contributed by atoms with van der Waals surface area (Å²) in [4.78, 5) is 18.8. The van der Waals surface area contributed by atoms with Gasteiger partial charge in [0.05, 0.1) is 24.3 Å². The Hall–Kier alpha value is -2.89. The van der Waals surface area contributed by atoms with Crippen molar-refractivity contribution in [3.05, 3.63) is 60.3 Å². The third-order valence-electron chi connectivity index (χ3n) is 4.22. The smallest absolute Gasteiger partial charge is 0.272 e. The van der Waals surface area contributed by atoms with E-state index in [4.69, 9.17) is 0 Å². The minimum absolute atomic E-state index is 0.00892. The number of nitrogens with zero attached hydrogens (tertiary/aromatic N) is 5. The predicted molar refractivity (Wildman–Crippen MR) is 85.6 cm³/mol. The Morgan fingerprint density at radius 3 is 2.83 bits per heavy atom. The van der Waals surface area contributed by atoms with E-state index >= 15 is 0 Å². The minimum atomic E-state index is 0.00892. The van der Waals surface area contributed by atoms with E-state index in [1.807, 2.05) is 60.9 Å². The molecule has 1 aliphatic heterocycles. The highest BCUT2D eigenvalue weighted by atomic mass is 16.2. The molecule has 6 heteroatoms. The SMILES string of the molecule is Cn1nc(-c2ccccc2)cc1C(=O)N1CCn2cncc2C1. The van der Waals surface area contributed by atoms with Crippen LogP contribution in [0.5, 0.6) is 0 Å². The second-order valence-electron chi connectivity index (χ2n) is 5.71. The van der Waals surface area contributed by atoms with Gasteiger partial charge in [0, 0.05) is 31.9 Å². The Labute approximate surface area is 134 Å². The third kappa shape index (κ3) is 2.42. The average Bonchev–Trinajstić information content (AvgIpc) is 3.20. The maximum absolute atomic E-state index is 12.8. The standard InChI is InChI=1S/C17H17N5O/c1-20-16(9-15(19-20)13-5-3-2-4-6-13)17(23)21-7-8-22-12-18-10-14(22)11-21/h2-6,9-10,12H,7-8,11H2,1H3. The first-order chi connectivity index (χ1) is 11.2. The zero-order valence-electron chi connectivity index (χ0n) is 12.9. The molecule has 1 aliphatic rings. The second kappa shape index (κ2) is 5.39. The van der Waals surface area contributed by atoms with Crippen LogP contribution in [0.3, 0.4) is 0 Å². The number of hydrogen-bond acceptors (Lipinski definition) is 3. The molecule has 3 heterocycles. The molecule has 0 radical (unpaired) electrons. The zero-order valence-corrected chi connectivity index (χ0v) is 12.9. The number of hydrogen-bond donors (Lipinski definition) is 0. The van der Waals surface area contributed by atoms with Crippen molar-refractivity contribution in [2.45, 2.75) is 13.1 Å². The van der Waals surface area contributed by atoms with E-state index in [0.717, 1.165) is 23.5 Å². The normalized spacial score (nSPS) is 13.9. The Balaban J connectivity index is 1.61. The van der Waals surface area contributed by atoms with E-state index in [9.17, 15) is 4.79 Å². The Morgan fingerprint density at radius 1 is 1.17 bits per heavy atom. The van der Waals surface area contributed by atoms with E-state index < -0.39 is 0 Å². The number of benzene rings is 1. The first-order valence-electron chi connectivity index (χ1n) is 7.60. The summed E-state index contributed by atoms with van der Waals surface area (Å²) in [6.07, 6.45) is 3.63. The van der Waals surface area contributed by atoms with Crippen LogP contribution in [-0.2, 0) is 20.1 Å². The van der Waals surface area contributed by atoms with Crippen LogP contribution in [-0.4, -0.2) is 36.7 Å². The van der Waals surface area contributed by atoms with Crippen molar-refractivity contribution in [3.8, 4) is 11.3 Å². The summed E-state index contributed by atoms with van der Waals surface area (Å²) in [5.41, 5.74) is 3.50. The summed E-state index contributed by atoms with van der Waals surface area (Å²) >= 11 is 0. The van der Waals surface area contributed by atoms with Gasteiger partial charge in [-0.15, -0.1) is 0 Å². The number of imidazole rings is 1. The number of rotatable bonds is 2. The highest BCUT2D eigenvalue weighted by Crippen LogP contribution is 2.20. The Morgan fingerprint density at radius 2 is 2.00 bits per heavy atom. The third-order valence-corrected chi connectivity index (χ3v) is 4.22. The largest absolute Gasteiger partial charge is 0.331 e. The summed E-state index contributed by atoms with van der Waals surface area (Å²) in [7, 11) is 1.81. The number of amides is 1. The van der Waals surface area contributed by atoms with E-state index in [-0.39, 0.29) is 5.91 Å². The molecule has 0 fully saturated rings. The van der Waals surface area contributed by atoms with Crippen LogP contribution in [0.15, 0.2) is 48.9 Å². The number of aromatic nitrogens is 4. The highest BCUT2D eigenvalue weighted by molar-refractivity contribution is 5.93. The topological polar surface area (TPSA) is 56.0 Å². The van der Waals surface area contributed by atoms with Crippen molar-refractivity contribution in [3.63, 3.8) is 0 Å². The zero-order chi connectivity index (χ0) is 15.8. The van der Waals surface area contributed by atoms with Crippen LogP contribution in [0.4, 0.5) is 0 Å². The molecular weight excluding hydrogens is 290 g/mol. The van der Waals surface area contributed by atoms with Gasteiger partial charge >= 0.3 is 0 Å². The molecule has 3 aromatic rings. The molecule has 0 saturated heterocycles. The van der Waals surface area contributed by atoms with Crippen molar-refractivity contribution >= 4 is 5.91 Å². The Kier molecular flexibility index (Phi) is 3.22. The molecule has 2 aromatic heterocycles. The molecule has 0 atom stereocenters. The molecule has 6 nitrogen and oxygen atoms in total. The van der Waals surface area contributed by atoms with Crippen molar-refractivity contribution in [2.24, 2.45) is 7.05 Å². The van der Waals surface area contributed by atoms with Gasteiger partial charge in [-0.25, -0.2) is 4.98 Å². The lowest BCUT2D eigenvalue weighted by molar-refractivity contribution is 0.0700. The molecule has 1 amide bonds. The van der Waals surface area contributed by atoms with Crippen LogP contribution in [0, 0.1) is 0 Å². The van der Waals surface area contributed by atoms with Gasteiger partial charge in [-0.3, -0.25) is 9.48 Å². The molecular formula is C17H17N5O. The van der Waals surface area contributed by atoms with E-state index in [1.54, 1.807) is 4.68 Å². The predicted octanol–water partition coefficient (Wildman–Crippen LogP) is 1.94. The fourth-order valence-electron chi connectivity index (χ4n) is 2.94. The van der Waals surface area contributed by atoms with Gasteiger partial charge in [-0.1, -0.05) is 30.3 Å². The molecule has 1 aromatic carbocycles. The fraction of sp³-hybridized carbons (Fsp3) is 0.235. The summed E-state index contributed by atoms with van der Waals surface area (Å²) in [5, 5.41) is 4.48. The summed E-state index contributed by atoms with van der Waals surface area (Å²) in [6.45, 7) is 2.06. The van der Waals surface area contributed by atoms with Crippen LogP contribution in [0.2, 0.25) is 0 Å².